The lowest BCUT2D eigenvalue weighted by Crippen LogP contribution is -2.35. The third kappa shape index (κ3) is 6.10. The minimum Gasteiger partial charge on any atom is -0.497 e. The van der Waals surface area contributed by atoms with E-state index in [0.717, 1.165) is 89.6 Å². The Morgan fingerprint density at radius 1 is 1.13 bits per heavy atom. The normalized spacial score (nSPS) is 21.0. The van der Waals surface area contributed by atoms with E-state index < -0.39 is 17.6 Å². The molecule has 2 atom stereocenters. The van der Waals surface area contributed by atoms with Crippen LogP contribution in [0.3, 0.4) is 0 Å². The highest BCUT2D eigenvalue weighted by Gasteiger charge is 2.65. The molecule has 1 saturated heterocycles. The van der Waals surface area contributed by atoms with Gasteiger partial charge in [0.1, 0.15) is 5.75 Å². The van der Waals surface area contributed by atoms with E-state index in [9.17, 15) is 18.0 Å². The Morgan fingerprint density at radius 2 is 1.85 bits per heavy atom. The molecule has 3 aliphatic rings. The van der Waals surface area contributed by atoms with Gasteiger partial charge in [-0.25, -0.2) is 4.79 Å². The maximum Gasteiger partial charge on any atom is 0.490 e. The van der Waals surface area contributed by atoms with Crippen molar-refractivity contribution in [1.29, 1.82) is 0 Å². The Bertz CT molecular complexity index is 1810. The van der Waals surface area contributed by atoms with E-state index in [1.54, 1.807) is 7.11 Å². The highest BCUT2D eigenvalue weighted by molar-refractivity contribution is 6.10. The van der Waals surface area contributed by atoms with Gasteiger partial charge in [-0.2, -0.15) is 18.3 Å². The number of carboxylic acids is 1. The summed E-state index contributed by atoms with van der Waals surface area (Å²) in [5.41, 5.74) is 8.10. The van der Waals surface area contributed by atoms with Gasteiger partial charge in [-0.05, 0) is 71.5 Å². The number of nitrogens with one attached hydrogen (secondary N) is 2. The molecule has 1 aromatic heterocycles. The van der Waals surface area contributed by atoms with E-state index in [4.69, 9.17) is 19.4 Å². The molecule has 1 aliphatic carbocycles. The summed E-state index contributed by atoms with van der Waals surface area (Å²) in [7, 11) is 1.66. The number of alkyl halides is 3. The number of benzene rings is 3. The van der Waals surface area contributed by atoms with E-state index in [0.29, 0.717) is 0 Å². The van der Waals surface area contributed by atoms with Crippen molar-refractivity contribution < 1.29 is 37.3 Å². The molecule has 2 fully saturated rings. The predicted molar refractivity (Wildman–Crippen MR) is 167 cm³/mol. The number of anilines is 1. The molecule has 2 aliphatic heterocycles. The Labute approximate surface area is 263 Å². The van der Waals surface area contributed by atoms with Crippen LogP contribution in [0.15, 0.2) is 60.7 Å². The van der Waals surface area contributed by atoms with Crippen molar-refractivity contribution in [2.24, 2.45) is 0 Å². The van der Waals surface area contributed by atoms with E-state index in [1.807, 2.05) is 18.2 Å². The smallest absolute Gasteiger partial charge is 0.490 e. The topological polar surface area (TPSA) is 117 Å². The average molecular weight is 635 g/mol. The average Bonchev–Trinajstić information content (AvgIpc) is 3.56. The maximum absolute atomic E-state index is 13.1. The van der Waals surface area contributed by atoms with Crippen LogP contribution in [0.2, 0.25) is 0 Å². The second-order valence-electron chi connectivity index (χ2n) is 11.7. The summed E-state index contributed by atoms with van der Waals surface area (Å²) in [6, 6.07) is 21.1. The van der Waals surface area contributed by atoms with E-state index in [2.05, 4.69) is 75.9 Å². The van der Waals surface area contributed by atoms with Gasteiger partial charge < -0.3 is 19.9 Å². The molecule has 3 heterocycles. The van der Waals surface area contributed by atoms with Gasteiger partial charge >= 0.3 is 12.1 Å². The number of aliphatic carboxylic acids is 1. The Balaban J connectivity index is 0.000000480. The van der Waals surface area contributed by atoms with Gasteiger partial charge in [0.25, 0.3) is 0 Å². The Morgan fingerprint density at radius 3 is 2.52 bits per heavy atom. The molecule has 3 N–H and O–H groups in total. The number of fused-ring (bicyclic) bond motifs is 3. The van der Waals surface area contributed by atoms with Crippen LogP contribution < -0.4 is 10.1 Å². The number of aromatic nitrogens is 2. The van der Waals surface area contributed by atoms with Gasteiger partial charge in [-0.1, -0.05) is 36.4 Å². The first-order valence-corrected chi connectivity index (χ1v) is 14.9. The van der Waals surface area contributed by atoms with Crippen molar-refractivity contribution in [3.63, 3.8) is 0 Å². The van der Waals surface area contributed by atoms with Crippen LogP contribution in [0.5, 0.6) is 5.75 Å². The number of carbonyl (C=O) groups is 2. The van der Waals surface area contributed by atoms with Crippen molar-refractivity contribution in [2.45, 2.75) is 37.4 Å². The number of amides is 1. The van der Waals surface area contributed by atoms with E-state index >= 15 is 0 Å². The van der Waals surface area contributed by atoms with E-state index in [-0.39, 0.29) is 11.8 Å². The molecule has 0 bridgehead atoms. The third-order valence-electron chi connectivity index (χ3n) is 8.80. The zero-order valence-corrected chi connectivity index (χ0v) is 25.3. The van der Waals surface area contributed by atoms with Crippen LogP contribution >= 0.6 is 0 Å². The summed E-state index contributed by atoms with van der Waals surface area (Å²) in [4.78, 5) is 24.4. The van der Waals surface area contributed by atoms with Crippen LogP contribution in [0.1, 0.15) is 47.2 Å². The molecule has 46 heavy (non-hydrogen) atoms. The van der Waals surface area contributed by atoms with Crippen molar-refractivity contribution in [2.75, 3.05) is 38.7 Å². The molecule has 9 nitrogen and oxygen atoms in total. The molecule has 4 aromatic rings. The second-order valence-corrected chi connectivity index (χ2v) is 11.7. The SMILES string of the molecule is COc1ccc2c(c1)[C@]1(C[C@H]1c1ccc3c(/C(C)=C/c4ccc(CN5CCOCC5)cc4)n[nH]c3c1)C(=O)N2.O=C(O)C(F)(F)F. The van der Waals surface area contributed by atoms with Crippen LogP contribution in [-0.2, 0) is 26.3 Å². The summed E-state index contributed by atoms with van der Waals surface area (Å²) >= 11 is 0. The summed E-state index contributed by atoms with van der Waals surface area (Å²) in [6.45, 7) is 6.69. The number of aromatic amines is 1. The number of H-pyrrole nitrogens is 1. The van der Waals surface area contributed by atoms with Crippen molar-refractivity contribution >= 4 is 40.1 Å². The highest BCUT2D eigenvalue weighted by atomic mass is 19.4. The van der Waals surface area contributed by atoms with E-state index in [1.165, 1.54) is 5.56 Å². The monoisotopic (exact) mass is 634 g/mol. The number of methoxy groups -OCH3 is 1. The standard InChI is InChI=1S/C32H32N4O3.C2HF3O2/c1-20(15-21-3-5-22(6-4-21)19-36-11-13-39-14-12-36)30-25-9-7-23(16-29(25)34-35-30)27-18-32(27)26-17-24(38-2)8-10-28(26)33-31(32)37;3-2(4,5)1(6)7/h3-10,15-17,27H,11-14,18-19H2,1-2H3,(H,33,37)(H,34,35);(H,6,7)/b20-15+;/t27-,32-;/m0./s1. The molecule has 0 radical (unpaired) electrons. The number of morpholine rings is 1. The van der Waals surface area contributed by atoms with Gasteiger partial charge in [0.2, 0.25) is 5.91 Å². The quantitative estimate of drug-likeness (QED) is 0.239. The summed E-state index contributed by atoms with van der Waals surface area (Å²) in [6.07, 6.45) is -2.10. The first-order valence-electron chi connectivity index (χ1n) is 14.9. The number of carboxylic acid groups (broad SMARTS) is 1. The summed E-state index contributed by atoms with van der Waals surface area (Å²) in [5.74, 6) is -1.77. The molecule has 1 saturated carbocycles. The minimum absolute atomic E-state index is 0.0795. The summed E-state index contributed by atoms with van der Waals surface area (Å²) < 4.78 is 42.6. The fourth-order valence-electron chi connectivity index (χ4n) is 6.31. The van der Waals surface area contributed by atoms with Crippen LogP contribution in [0.4, 0.5) is 18.9 Å². The first kappa shape index (κ1) is 31.3. The lowest BCUT2D eigenvalue weighted by Gasteiger charge is -2.26. The molecule has 240 valence electrons. The first-order chi connectivity index (χ1) is 22.0. The molecular formula is C34H33F3N4O5. The van der Waals surface area contributed by atoms with Gasteiger partial charge in [-0.3, -0.25) is 14.8 Å². The number of ether oxygens (including phenoxy) is 2. The van der Waals surface area contributed by atoms with Crippen molar-refractivity contribution in [1.82, 2.24) is 15.1 Å². The molecule has 1 spiro atoms. The molecule has 7 rings (SSSR count). The zero-order chi connectivity index (χ0) is 32.6. The molecule has 0 unspecified atom stereocenters. The number of allylic oxidation sites excluding steroid dienone is 1. The fourth-order valence-corrected chi connectivity index (χ4v) is 6.31. The lowest BCUT2D eigenvalue weighted by molar-refractivity contribution is -0.192. The Kier molecular flexibility index (Phi) is 8.34. The van der Waals surface area contributed by atoms with Crippen molar-refractivity contribution in [3.8, 4) is 5.75 Å². The fraction of sp³-hybridized carbons (Fsp3) is 0.324. The third-order valence-corrected chi connectivity index (χ3v) is 8.80. The summed E-state index contributed by atoms with van der Waals surface area (Å²) in [5, 5.41) is 19.2. The predicted octanol–water partition coefficient (Wildman–Crippen LogP) is 5.97. The number of halogens is 3. The van der Waals surface area contributed by atoms with Crippen LogP contribution in [-0.4, -0.2) is 71.7 Å². The number of rotatable bonds is 6. The number of hydrogen-bond acceptors (Lipinski definition) is 6. The van der Waals surface area contributed by atoms with Gasteiger partial charge in [0.15, 0.2) is 0 Å². The number of nitrogens with zero attached hydrogens (tertiary/aromatic N) is 2. The number of carbonyl (C=O) groups excluding carboxylic acids is 1. The van der Waals surface area contributed by atoms with Gasteiger partial charge in [0.05, 0.1) is 36.9 Å². The minimum atomic E-state index is -5.08. The molecule has 12 heteroatoms. The van der Waals surface area contributed by atoms with Gasteiger partial charge in [0, 0.05) is 36.6 Å². The largest absolute Gasteiger partial charge is 0.497 e. The Hall–Kier alpha value is -4.68. The van der Waals surface area contributed by atoms with Crippen LogP contribution in [0.25, 0.3) is 22.6 Å². The molecule has 3 aromatic carbocycles. The number of hydrogen-bond donors (Lipinski definition) is 3. The van der Waals surface area contributed by atoms with Crippen molar-refractivity contribution in [3.05, 3.63) is 88.6 Å². The maximum atomic E-state index is 13.1. The lowest BCUT2D eigenvalue weighted by atomic mass is 9.91. The highest BCUT2D eigenvalue weighted by Crippen LogP contribution is 2.65. The second kappa shape index (κ2) is 12.3. The molecule has 1 amide bonds. The zero-order valence-electron chi connectivity index (χ0n) is 25.3. The van der Waals surface area contributed by atoms with Crippen LogP contribution in [0, 0.1) is 0 Å². The molecular weight excluding hydrogens is 601 g/mol. The van der Waals surface area contributed by atoms with Gasteiger partial charge in [-0.15, -0.1) is 0 Å².